The lowest BCUT2D eigenvalue weighted by Crippen LogP contribution is -2.39. The van der Waals surface area contributed by atoms with Gasteiger partial charge in [0.2, 0.25) is 0 Å². The van der Waals surface area contributed by atoms with Crippen LogP contribution >= 0.6 is 0 Å². The third-order valence-electron chi connectivity index (χ3n) is 3.33. The monoisotopic (exact) mass is 252 g/mol. The molecule has 0 amide bonds. The molecule has 1 N–H and O–H groups in total. The number of anilines is 2. The maximum absolute atomic E-state index is 12.0. The molecule has 1 aromatic rings. The van der Waals surface area contributed by atoms with Crippen LogP contribution in [0.1, 0.15) is 26.7 Å². The van der Waals surface area contributed by atoms with Gasteiger partial charge >= 0.3 is 5.69 Å². The Morgan fingerprint density at radius 3 is 2.28 bits per heavy atom. The number of hydrogen-bond donors (Lipinski definition) is 1. The summed E-state index contributed by atoms with van der Waals surface area (Å²) in [5.74, 6) is 0.653. The summed E-state index contributed by atoms with van der Waals surface area (Å²) in [6.45, 7) is 4.63. The van der Waals surface area contributed by atoms with E-state index in [9.17, 15) is 9.59 Å². The maximum atomic E-state index is 12.0. The highest BCUT2D eigenvalue weighted by atomic mass is 16.2. The van der Waals surface area contributed by atoms with E-state index in [4.69, 9.17) is 0 Å². The second kappa shape index (κ2) is 4.51. The predicted octanol–water partition coefficient (Wildman–Crippen LogP) is 0.462. The van der Waals surface area contributed by atoms with Gasteiger partial charge in [0.15, 0.2) is 0 Å². The summed E-state index contributed by atoms with van der Waals surface area (Å²) in [5.41, 5.74) is 0.163. The highest BCUT2D eigenvalue weighted by Gasteiger charge is 2.36. The van der Waals surface area contributed by atoms with Gasteiger partial charge in [0.05, 0.1) is 6.67 Å². The van der Waals surface area contributed by atoms with Crippen molar-refractivity contribution in [3.05, 3.63) is 20.8 Å². The molecule has 100 valence electrons. The van der Waals surface area contributed by atoms with E-state index in [2.05, 4.69) is 10.2 Å². The van der Waals surface area contributed by atoms with Crippen molar-refractivity contribution < 1.29 is 0 Å². The molecule has 2 aliphatic rings. The summed E-state index contributed by atoms with van der Waals surface area (Å²) in [6, 6.07) is 0.471. The summed E-state index contributed by atoms with van der Waals surface area (Å²) in [4.78, 5) is 25.8. The van der Waals surface area contributed by atoms with Crippen molar-refractivity contribution in [3.63, 3.8) is 0 Å². The molecule has 0 radical (unpaired) electrons. The molecule has 1 fully saturated rings. The smallest absolute Gasteiger partial charge is 0.332 e. The van der Waals surface area contributed by atoms with Crippen LogP contribution in [0.3, 0.4) is 0 Å². The quantitative estimate of drug-likeness (QED) is 0.789. The lowest BCUT2D eigenvalue weighted by atomic mass is 10.4. The molecule has 1 aliphatic heterocycles. The van der Waals surface area contributed by atoms with Crippen LogP contribution in [0.4, 0.5) is 11.5 Å². The van der Waals surface area contributed by atoms with Gasteiger partial charge < -0.3 is 10.2 Å². The van der Waals surface area contributed by atoms with Gasteiger partial charge in [-0.1, -0.05) is 13.8 Å². The molecule has 0 unspecified atom stereocenters. The van der Waals surface area contributed by atoms with Gasteiger partial charge in [0.25, 0.3) is 5.56 Å². The first-order chi connectivity index (χ1) is 8.61. The van der Waals surface area contributed by atoms with Crippen molar-refractivity contribution in [2.24, 2.45) is 14.1 Å². The van der Waals surface area contributed by atoms with E-state index in [1.165, 1.54) is 16.2 Å². The Morgan fingerprint density at radius 1 is 1.11 bits per heavy atom. The summed E-state index contributed by atoms with van der Waals surface area (Å²) < 4.78 is 2.67. The van der Waals surface area contributed by atoms with Gasteiger partial charge in [0, 0.05) is 20.1 Å². The molecule has 0 bridgehead atoms. The molecule has 3 rings (SSSR count). The topological polar surface area (TPSA) is 59.3 Å². The Balaban J connectivity index is 0.000000574. The standard InChI is InChI=1S/C10H14N4O2.C2H6/c1-12-8-7(9(15)13(2)10(12)16)14(5-11-8)6-3-4-6;1-2/h6,11H,3-5H2,1-2H3;1-2H3. The van der Waals surface area contributed by atoms with E-state index in [-0.39, 0.29) is 11.2 Å². The van der Waals surface area contributed by atoms with Crippen molar-refractivity contribution in [2.45, 2.75) is 32.7 Å². The Bertz CT molecular complexity index is 569. The van der Waals surface area contributed by atoms with E-state index in [0.717, 1.165) is 12.8 Å². The SMILES string of the molecule is CC.Cn1c2c(c(=O)n(C)c1=O)N(C1CC1)CN2. The van der Waals surface area contributed by atoms with Gasteiger partial charge in [-0.2, -0.15) is 0 Å². The zero-order valence-electron chi connectivity index (χ0n) is 11.4. The summed E-state index contributed by atoms with van der Waals surface area (Å²) >= 11 is 0. The summed E-state index contributed by atoms with van der Waals surface area (Å²) in [7, 11) is 3.21. The molecule has 1 saturated carbocycles. The van der Waals surface area contributed by atoms with E-state index >= 15 is 0 Å². The molecule has 0 saturated heterocycles. The van der Waals surface area contributed by atoms with Gasteiger partial charge in [-0.25, -0.2) is 4.79 Å². The first-order valence-corrected chi connectivity index (χ1v) is 6.42. The maximum Gasteiger partial charge on any atom is 0.332 e. The van der Waals surface area contributed by atoms with Crippen molar-refractivity contribution in [3.8, 4) is 0 Å². The van der Waals surface area contributed by atoms with Crippen molar-refractivity contribution in [1.82, 2.24) is 9.13 Å². The Labute approximate surface area is 106 Å². The Kier molecular flexibility index (Phi) is 3.19. The van der Waals surface area contributed by atoms with Crippen LogP contribution in [0.2, 0.25) is 0 Å². The van der Waals surface area contributed by atoms with E-state index in [1.807, 2.05) is 13.8 Å². The third-order valence-corrected chi connectivity index (χ3v) is 3.33. The van der Waals surface area contributed by atoms with Gasteiger partial charge in [-0.3, -0.25) is 13.9 Å². The van der Waals surface area contributed by atoms with Crippen LogP contribution in [0.15, 0.2) is 9.59 Å². The molecule has 0 atom stereocenters. The Morgan fingerprint density at radius 2 is 1.72 bits per heavy atom. The third kappa shape index (κ3) is 1.72. The van der Waals surface area contributed by atoms with E-state index in [1.54, 1.807) is 7.05 Å². The average Bonchev–Trinajstić information content (AvgIpc) is 3.15. The molecule has 2 heterocycles. The fourth-order valence-corrected chi connectivity index (χ4v) is 2.22. The molecule has 6 heteroatoms. The van der Waals surface area contributed by atoms with Crippen molar-refractivity contribution in [2.75, 3.05) is 16.9 Å². The number of nitrogens with zero attached hydrogens (tertiary/aromatic N) is 3. The number of fused-ring (bicyclic) bond motifs is 1. The normalized spacial score (nSPS) is 16.8. The first kappa shape index (κ1) is 12.7. The minimum Gasteiger partial charge on any atom is -0.352 e. The minimum atomic E-state index is -0.283. The second-order valence-electron chi connectivity index (χ2n) is 4.44. The predicted molar refractivity (Wildman–Crippen MR) is 72.3 cm³/mol. The highest BCUT2D eigenvalue weighted by Crippen LogP contribution is 2.36. The molecule has 0 aromatic carbocycles. The average molecular weight is 252 g/mol. The number of hydrogen-bond acceptors (Lipinski definition) is 4. The fourth-order valence-electron chi connectivity index (χ4n) is 2.22. The zero-order chi connectivity index (χ0) is 13.4. The van der Waals surface area contributed by atoms with Crippen LogP contribution in [-0.2, 0) is 14.1 Å². The van der Waals surface area contributed by atoms with Crippen molar-refractivity contribution in [1.29, 1.82) is 0 Å². The molecule has 1 aliphatic carbocycles. The number of aromatic nitrogens is 2. The lowest BCUT2D eigenvalue weighted by Gasteiger charge is -2.16. The van der Waals surface area contributed by atoms with E-state index in [0.29, 0.717) is 24.2 Å². The molecule has 0 spiro atoms. The highest BCUT2D eigenvalue weighted by molar-refractivity contribution is 5.71. The molecule has 18 heavy (non-hydrogen) atoms. The zero-order valence-corrected chi connectivity index (χ0v) is 11.4. The minimum absolute atomic E-state index is 0.199. The van der Waals surface area contributed by atoms with Crippen molar-refractivity contribution >= 4 is 11.5 Å². The largest absolute Gasteiger partial charge is 0.352 e. The molecule has 1 aromatic heterocycles. The van der Waals surface area contributed by atoms with Crippen LogP contribution in [0.5, 0.6) is 0 Å². The number of rotatable bonds is 1. The lowest BCUT2D eigenvalue weighted by molar-refractivity contribution is 0.694. The fraction of sp³-hybridized carbons (Fsp3) is 0.667. The van der Waals surface area contributed by atoms with E-state index < -0.39 is 0 Å². The summed E-state index contributed by atoms with van der Waals surface area (Å²) in [5, 5.41) is 3.12. The first-order valence-electron chi connectivity index (χ1n) is 6.42. The Hall–Kier alpha value is -1.72. The van der Waals surface area contributed by atoms with Gasteiger partial charge in [0.1, 0.15) is 11.5 Å². The van der Waals surface area contributed by atoms with Crippen LogP contribution < -0.4 is 21.5 Å². The molecule has 6 nitrogen and oxygen atoms in total. The number of nitrogens with one attached hydrogen (secondary N) is 1. The van der Waals surface area contributed by atoms with Crippen LogP contribution in [-0.4, -0.2) is 21.8 Å². The summed E-state index contributed by atoms with van der Waals surface area (Å²) in [6.07, 6.45) is 2.26. The van der Waals surface area contributed by atoms with Crippen LogP contribution in [0.25, 0.3) is 0 Å². The molecular weight excluding hydrogens is 232 g/mol. The van der Waals surface area contributed by atoms with Gasteiger partial charge in [-0.15, -0.1) is 0 Å². The second-order valence-corrected chi connectivity index (χ2v) is 4.44. The van der Waals surface area contributed by atoms with Gasteiger partial charge in [-0.05, 0) is 12.8 Å². The van der Waals surface area contributed by atoms with Crippen LogP contribution in [0, 0.1) is 0 Å². The molecular formula is C12H20N4O2.